The van der Waals surface area contributed by atoms with Gasteiger partial charge in [-0.15, -0.1) is 0 Å². The molecule has 3 nitrogen and oxygen atoms in total. The number of nitrogens with two attached hydrogens (primary N) is 1. The van der Waals surface area contributed by atoms with Crippen molar-refractivity contribution in [3.05, 3.63) is 65.9 Å². The van der Waals surface area contributed by atoms with Crippen LogP contribution in [0.3, 0.4) is 0 Å². The van der Waals surface area contributed by atoms with E-state index in [1.54, 1.807) is 0 Å². The van der Waals surface area contributed by atoms with Gasteiger partial charge in [-0.25, -0.2) is 0 Å². The Hall–Kier alpha value is -2.26. The molecule has 0 aliphatic heterocycles. The second-order valence-electron chi connectivity index (χ2n) is 4.99. The second kappa shape index (κ2) is 5.39. The van der Waals surface area contributed by atoms with Gasteiger partial charge in [0.1, 0.15) is 5.58 Å². The molecule has 0 aliphatic rings. The summed E-state index contributed by atoms with van der Waals surface area (Å²) in [5.74, 6) is 0. The lowest BCUT2D eigenvalue weighted by molar-refractivity contribution is 0.609. The van der Waals surface area contributed by atoms with Gasteiger partial charge in [0, 0.05) is 36.8 Å². The van der Waals surface area contributed by atoms with Crippen molar-refractivity contribution in [2.24, 2.45) is 5.73 Å². The van der Waals surface area contributed by atoms with Crippen LogP contribution in [0.4, 0.5) is 5.69 Å². The van der Waals surface area contributed by atoms with Gasteiger partial charge >= 0.3 is 0 Å². The average Bonchev–Trinajstić information content (AvgIpc) is 2.90. The van der Waals surface area contributed by atoms with Gasteiger partial charge in [0.2, 0.25) is 0 Å². The van der Waals surface area contributed by atoms with E-state index in [0.29, 0.717) is 6.54 Å². The summed E-state index contributed by atoms with van der Waals surface area (Å²) in [7, 11) is 2.08. The number of para-hydroxylation sites is 1. The predicted molar refractivity (Wildman–Crippen MR) is 82.7 cm³/mol. The molecule has 1 heterocycles. The SMILES string of the molecule is CN(Cc1coc2ccccc12)c1cccc(CN)c1. The van der Waals surface area contributed by atoms with E-state index < -0.39 is 0 Å². The lowest BCUT2D eigenvalue weighted by atomic mass is 10.1. The lowest BCUT2D eigenvalue weighted by Gasteiger charge is -2.19. The Kier molecular flexibility index (Phi) is 3.44. The largest absolute Gasteiger partial charge is 0.464 e. The molecule has 0 saturated carbocycles. The zero-order valence-corrected chi connectivity index (χ0v) is 11.5. The molecule has 3 aromatic rings. The minimum absolute atomic E-state index is 0.566. The van der Waals surface area contributed by atoms with Crippen LogP contribution < -0.4 is 10.6 Å². The first kappa shape index (κ1) is 12.8. The van der Waals surface area contributed by atoms with E-state index >= 15 is 0 Å². The van der Waals surface area contributed by atoms with Crippen molar-refractivity contribution in [2.75, 3.05) is 11.9 Å². The number of hydrogen-bond donors (Lipinski definition) is 1. The molecule has 0 saturated heterocycles. The smallest absolute Gasteiger partial charge is 0.134 e. The molecule has 0 aliphatic carbocycles. The topological polar surface area (TPSA) is 42.4 Å². The first-order valence-corrected chi connectivity index (χ1v) is 6.73. The summed E-state index contributed by atoms with van der Waals surface area (Å²) in [5, 5.41) is 1.18. The minimum atomic E-state index is 0.566. The Morgan fingerprint density at radius 2 is 1.95 bits per heavy atom. The molecule has 2 N–H and O–H groups in total. The van der Waals surface area contributed by atoms with Gasteiger partial charge in [0.05, 0.1) is 6.26 Å². The number of benzene rings is 2. The van der Waals surface area contributed by atoms with Gasteiger partial charge < -0.3 is 15.1 Å². The molecular weight excluding hydrogens is 248 g/mol. The van der Waals surface area contributed by atoms with Gasteiger partial charge in [0.25, 0.3) is 0 Å². The highest BCUT2D eigenvalue weighted by atomic mass is 16.3. The van der Waals surface area contributed by atoms with Gasteiger partial charge in [-0.1, -0.05) is 30.3 Å². The molecule has 0 atom stereocenters. The van der Waals surface area contributed by atoms with Crippen LogP contribution in [-0.2, 0) is 13.1 Å². The maximum absolute atomic E-state index is 5.70. The lowest BCUT2D eigenvalue weighted by Crippen LogP contribution is -2.16. The molecule has 2 aromatic carbocycles. The van der Waals surface area contributed by atoms with Crippen molar-refractivity contribution in [3.63, 3.8) is 0 Å². The summed E-state index contributed by atoms with van der Waals surface area (Å²) in [4.78, 5) is 2.20. The third kappa shape index (κ3) is 2.40. The first-order valence-electron chi connectivity index (χ1n) is 6.73. The number of anilines is 1. The Morgan fingerprint density at radius 1 is 1.10 bits per heavy atom. The molecule has 0 fully saturated rings. The fourth-order valence-corrected chi connectivity index (χ4v) is 2.42. The minimum Gasteiger partial charge on any atom is -0.464 e. The second-order valence-corrected chi connectivity index (χ2v) is 4.99. The molecule has 0 amide bonds. The standard InChI is InChI=1S/C17H18N2O/c1-19(15-6-4-5-13(9-15)10-18)11-14-12-20-17-8-3-2-7-16(14)17/h2-9,12H,10-11,18H2,1H3. The van der Waals surface area contributed by atoms with E-state index in [4.69, 9.17) is 10.2 Å². The van der Waals surface area contributed by atoms with E-state index in [1.165, 1.54) is 16.6 Å². The highest BCUT2D eigenvalue weighted by Crippen LogP contribution is 2.24. The van der Waals surface area contributed by atoms with Crippen LogP contribution in [0.2, 0.25) is 0 Å². The first-order chi connectivity index (χ1) is 9.78. The third-order valence-corrected chi connectivity index (χ3v) is 3.56. The summed E-state index contributed by atoms with van der Waals surface area (Å²) in [6, 6.07) is 16.4. The summed E-state index contributed by atoms with van der Waals surface area (Å²) in [6.45, 7) is 1.38. The monoisotopic (exact) mass is 266 g/mol. The highest BCUT2D eigenvalue weighted by molar-refractivity contribution is 5.81. The molecule has 3 heteroatoms. The van der Waals surface area contributed by atoms with Crippen LogP contribution in [0.5, 0.6) is 0 Å². The summed E-state index contributed by atoms with van der Waals surface area (Å²) < 4.78 is 5.58. The fraction of sp³-hybridized carbons (Fsp3) is 0.176. The van der Waals surface area contributed by atoms with Crippen LogP contribution in [0, 0.1) is 0 Å². The molecule has 0 radical (unpaired) electrons. The average molecular weight is 266 g/mol. The predicted octanol–water partition coefficient (Wildman–Crippen LogP) is 3.53. The van der Waals surface area contributed by atoms with Gasteiger partial charge in [-0.3, -0.25) is 0 Å². The summed E-state index contributed by atoms with van der Waals surface area (Å²) in [6.07, 6.45) is 1.84. The number of furan rings is 1. The molecule has 1 aromatic heterocycles. The van der Waals surface area contributed by atoms with Crippen molar-refractivity contribution in [1.82, 2.24) is 0 Å². The fourth-order valence-electron chi connectivity index (χ4n) is 2.42. The number of rotatable bonds is 4. The van der Waals surface area contributed by atoms with Crippen LogP contribution in [0.1, 0.15) is 11.1 Å². The van der Waals surface area contributed by atoms with E-state index in [9.17, 15) is 0 Å². The maximum Gasteiger partial charge on any atom is 0.134 e. The zero-order chi connectivity index (χ0) is 13.9. The normalized spacial score (nSPS) is 10.9. The number of fused-ring (bicyclic) bond motifs is 1. The Morgan fingerprint density at radius 3 is 2.80 bits per heavy atom. The molecule has 0 spiro atoms. The summed E-state index contributed by atoms with van der Waals surface area (Å²) >= 11 is 0. The van der Waals surface area contributed by atoms with E-state index in [-0.39, 0.29) is 0 Å². The maximum atomic E-state index is 5.70. The number of nitrogens with zero attached hydrogens (tertiary/aromatic N) is 1. The summed E-state index contributed by atoms with van der Waals surface area (Å²) in [5.41, 5.74) is 10.1. The Labute approximate surface area is 118 Å². The number of hydrogen-bond acceptors (Lipinski definition) is 3. The molecule has 20 heavy (non-hydrogen) atoms. The molecule has 0 bridgehead atoms. The van der Waals surface area contributed by atoms with Crippen molar-refractivity contribution < 1.29 is 4.42 Å². The molecular formula is C17H18N2O. The van der Waals surface area contributed by atoms with Crippen LogP contribution in [-0.4, -0.2) is 7.05 Å². The Bertz CT molecular complexity index is 718. The molecule has 3 rings (SSSR count). The van der Waals surface area contributed by atoms with Crippen LogP contribution in [0.15, 0.2) is 59.2 Å². The van der Waals surface area contributed by atoms with E-state index in [1.807, 2.05) is 36.6 Å². The third-order valence-electron chi connectivity index (χ3n) is 3.56. The van der Waals surface area contributed by atoms with Crippen LogP contribution >= 0.6 is 0 Å². The van der Waals surface area contributed by atoms with Crippen molar-refractivity contribution in [2.45, 2.75) is 13.1 Å². The van der Waals surface area contributed by atoms with Crippen molar-refractivity contribution in [3.8, 4) is 0 Å². The Balaban J connectivity index is 1.86. The van der Waals surface area contributed by atoms with Crippen molar-refractivity contribution in [1.29, 1.82) is 0 Å². The molecule has 0 unspecified atom stereocenters. The quantitative estimate of drug-likeness (QED) is 0.785. The van der Waals surface area contributed by atoms with Gasteiger partial charge in [-0.2, -0.15) is 0 Å². The van der Waals surface area contributed by atoms with E-state index in [0.717, 1.165) is 17.7 Å². The zero-order valence-electron chi connectivity index (χ0n) is 11.5. The molecule has 102 valence electrons. The van der Waals surface area contributed by atoms with Gasteiger partial charge in [0.15, 0.2) is 0 Å². The highest BCUT2D eigenvalue weighted by Gasteiger charge is 2.08. The van der Waals surface area contributed by atoms with Crippen LogP contribution in [0.25, 0.3) is 11.0 Å². The van der Waals surface area contributed by atoms with E-state index in [2.05, 4.69) is 30.1 Å². The van der Waals surface area contributed by atoms with Crippen molar-refractivity contribution >= 4 is 16.7 Å². The van der Waals surface area contributed by atoms with Gasteiger partial charge in [-0.05, 0) is 23.8 Å².